The van der Waals surface area contributed by atoms with Crippen LogP contribution in [0, 0.1) is 13.8 Å². The second kappa shape index (κ2) is 5.27. The summed E-state index contributed by atoms with van der Waals surface area (Å²) < 4.78 is 5.21. The number of halogens is 1. The first-order chi connectivity index (χ1) is 8.59. The SMILES string of the molecule is Cc1coc(C)c1C(=O)NCc1ccccc1Cl. The maximum atomic E-state index is 12.0. The Morgan fingerprint density at radius 3 is 2.67 bits per heavy atom. The van der Waals surface area contributed by atoms with E-state index < -0.39 is 0 Å². The predicted octanol–water partition coefficient (Wildman–Crippen LogP) is 3.48. The van der Waals surface area contributed by atoms with Crippen LogP contribution >= 0.6 is 11.6 Å². The molecule has 94 valence electrons. The van der Waals surface area contributed by atoms with E-state index in [1.165, 1.54) is 0 Å². The first-order valence-corrected chi connectivity index (χ1v) is 6.03. The van der Waals surface area contributed by atoms with Gasteiger partial charge in [0, 0.05) is 17.1 Å². The number of benzene rings is 1. The van der Waals surface area contributed by atoms with Crippen molar-refractivity contribution in [3.8, 4) is 0 Å². The quantitative estimate of drug-likeness (QED) is 0.921. The summed E-state index contributed by atoms with van der Waals surface area (Å²) in [5, 5.41) is 3.49. The molecule has 0 fully saturated rings. The molecule has 1 heterocycles. The maximum absolute atomic E-state index is 12.0. The number of carbonyl (C=O) groups excluding carboxylic acids is 1. The van der Waals surface area contributed by atoms with Gasteiger partial charge in [0.1, 0.15) is 5.76 Å². The summed E-state index contributed by atoms with van der Waals surface area (Å²) in [7, 11) is 0. The van der Waals surface area contributed by atoms with E-state index in [2.05, 4.69) is 5.32 Å². The molecule has 0 aliphatic heterocycles. The van der Waals surface area contributed by atoms with Crippen LogP contribution in [0.25, 0.3) is 0 Å². The zero-order valence-electron chi connectivity index (χ0n) is 10.3. The fourth-order valence-electron chi connectivity index (χ4n) is 1.82. The number of hydrogen-bond acceptors (Lipinski definition) is 2. The topological polar surface area (TPSA) is 42.2 Å². The number of amides is 1. The number of carbonyl (C=O) groups is 1. The molecule has 0 spiro atoms. The lowest BCUT2D eigenvalue weighted by Gasteiger charge is -2.07. The summed E-state index contributed by atoms with van der Waals surface area (Å²) in [6, 6.07) is 7.44. The van der Waals surface area contributed by atoms with Gasteiger partial charge in [-0.15, -0.1) is 0 Å². The maximum Gasteiger partial charge on any atom is 0.255 e. The summed E-state index contributed by atoms with van der Waals surface area (Å²) >= 11 is 6.03. The van der Waals surface area contributed by atoms with E-state index in [1.54, 1.807) is 19.3 Å². The summed E-state index contributed by atoms with van der Waals surface area (Å²) in [5.41, 5.74) is 2.33. The summed E-state index contributed by atoms with van der Waals surface area (Å²) in [5.74, 6) is 0.489. The average Bonchev–Trinajstić information content (AvgIpc) is 2.68. The number of aryl methyl sites for hydroxylation is 2. The van der Waals surface area contributed by atoms with E-state index in [-0.39, 0.29) is 5.91 Å². The second-order valence-electron chi connectivity index (χ2n) is 4.12. The Labute approximate surface area is 111 Å². The van der Waals surface area contributed by atoms with Gasteiger partial charge in [0.05, 0.1) is 11.8 Å². The smallest absolute Gasteiger partial charge is 0.255 e. The molecule has 0 bridgehead atoms. The van der Waals surface area contributed by atoms with Crippen molar-refractivity contribution >= 4 is 17.5 Å². The van der Waals surface area contributed by atoms with Crippen LogP contribution < -0.4 is 5.32 Å². The van der Waals surface area contributed by atoms with Crippen molar-refractivity contribution in [2.24, 2.45) is 0 Å². The summed E-state index contributed by atoms with van der Waals surface area (Å²) in [6.07, 6.45) is 1.58. The number of hydrogen-bond donors (Lipinski definition) is 1. The molecule has 4 heteroatoms. The molecule has 2 aromatic rings. The molecule has 0 unspecified atom stereocenters. The molecule has 1 aromatic carbocycles. The van der Waals surface area contributed by atoms with Crippen LogP contribution in [-0.4, -0.2) is 5.91 Å². The Morgan fingerprint density at radius 2 is 2.06 bits per heavy atom. The minimum absolute atomic E-state index is 0.140. The molecular formula is C14H14ClNO2. The van der Waals surface area contributed by atoms with Crippen molar-refractivity contribution in [2.45, 2.75) is 20.4 Å². The molecule has 0 aliphatic rings. The first-order valence-electron chi connectivity index (χ1n) is 5.66. The highest BCUT2D eigenvalue weighted by molar-refractivity contribution is 6.31. The van der Waals surface area contributed by atoms with Crippen LogP contribution in [0.5, 0.6) is 0 Å². The first kappa shape index (κ1) is 12.7. The fraction of sp³-hybridized carbons (Fsp3) is 0.214. The highest BCUT2D eigenvalue weighted by atomic mass is 35.5. The minimum Gasteiger partial charge on any atom is -0.469 e. The third-order valence-corrected chi connectivity index (χ3v) is 3.15. The van der Waals surface area contributed by atoms with Gasteiger partial charge in [0.15, 0.2) is 0 Å². The van der Waals surface area contributed by atoms with E-state index >= 15 is 0 Å². The number of rotatable bonds is 3. The lowest BCUT2D eigenvalue weighted by Crippen LogP contribution is -2.23. The second-order valence-corrected chi connectivity index (χ2v) is 4.53. The highest BCUT2D eigenvalue weighted by Gasteiger charge is 2.15. The Balaban J connectivity index is 2.08. The monoisotopic (exact) mass is 263 g/mol. The van der Waals surface area contributed by atoms with E-state index in [0.717, 1.165) is 11.1 Å². The Morgan fingerprint density at radius 1 is 1.33 bits per heavy atom. The van der Waals surface area contributed by atoms with Gasteiger partial charge in [-0.1, -0.05) is 29.8 Å². The van der Waals surface area contributed by atoms with Crippen LogP contribution in [0.2, 0.25) is 5.02 Å². The summed E-state index contributed by atoms with van der Waals surface area (Å²) in [4.78, 5) is 12.0. The average molecular weight is 264 g/mol. The van der Waals surface area contributed by atoms with Gasteiger partial charge in [-0.05, 0) is 25.5 Å². The lowest BCUT2D eigenvalue weighted by atomic mass is 10.1. The third kappa shape index (κ3) is 2.57. The van der Waals surface area contributed by atoms with Gasteiger partial charge in [-0.2, -0.15) is 0 Å². The van der Waals surface area contributed by atoms with Crippen LogP contribution in [0.4, 0.5) is 0 Å². The van der Waals surface area contributed by atoms with Crippen molar-refractivity contribution in [1.82, 2.24) is 5.32 Å². The van der Waals surface area contributed by atoms with Crippen molar-refractivity contribution in [1.29, 1.82) is 0 Å². The van der Waals surface area contributed by atoms with Gasteiger partial charge in [0.2, 0.25) is 0 Å². The molecular weight excluding hydrogens is 250 g/mol. The summed E-state index contributed by atoms with van der Waals surface area (Å²) in [6.45, 7) is 4.03. The van der Waals surface area contributed by atoms with Crippen LogP contribution in [-0.2, 0) is 6.54 Å². The molecule has 0 atom stereocenters. The Kier molecular flexibility index (Phi) is 3.72. The molecule has 0 saturated carbocycles. The Hall–Kier alpha value is -1.74. The number of furan rings is 1. The van der Waals surface area contributed by atoms with E-state index in [9.17, 15) is 4.79 Å². The molecule has 2 rings (SSSR count). The standard InChI is InChI=1S/C14H14ClNO2/c1-9-8-18-10(2)13(9)14(17)16-7-11-5-3-4-6-12(11)15/h3-6,8H,7H2,1-2H3,(H,16,17). The van der Waals surface area contributed by atoms with Gasteiger partial charge in [-0.3, -0.25) is 4.79 Å². The predicted molar refractivity (Wildman–Crippen MR) is 70.8 cm³/mol. The van der Waals surface area contributed by atoms with Gasteiger partial charge < -0.3 is 9.73 Å². The van der Waals surface area contributed by atoms with Crippen molar-refractivity contribution in [3.63, 3.8) is 0 Å². The molecule has 18 heavy (non-hydrogen) atoms. The minimum atomic E-state index is -0.140. The Bertz CT molecular complexity index is 555. The normalized spacial score (nSPS) is 10.4. The zero-order chi connectivity index (χ0) is 13.1. The zero-order valence-corrected chi connectivity index (χ0v) is 11.0. The van der Waals surface area contributed by atoms with Crippen molar-refractivity contribution in [3.05, 3.63) is 58.0 Å². The van der Waals surface area contributed by atoms with Crippen LogP contribution in [0.15, 0.2) is 34.9 Å². The van der Waals surface area contributed by atoms with Crippen molar-refractivity contribution in [2.75, 3.05) is 0 Å². The van der Waals surface area contributed by atoms with Gasteiger partial charge in [-0.25, -0.2) is 0 Å². The van der Waals surface area contributed by atoms with E-state index in [0.29, 0.717) is 22.9 Å². The van der Waals surface area contributed by atoms with E-state index in [1.807, 2.05) is 25.1 Å². The number of nitrogens with one attached hydrogen (secondary N) is 1. The molecule has 1 aromatic heterocycles. The van der Waals surface area contributed by atoms with Crippen LogP contribution in [0.1, 0.15) is 27.2 Å². The highest BCUT2D eigenvalue weighted by Crippen LogP contribution is 2.17. The fourth-order valence-corrected chi connectivity index (χ4v) is 2.02. The molecule has 0 saturated heterocycles. The molecule has 0 aliphatic carbocycles. The van der Waals surface area contributed by atoms with Gasteiger partial charge in [0.25, 0.3) is 5.91 Å². The van der Waals surface area contributed by atoms with Gasteiger partial charge >= 0.3 is 0 Å². The molecule has 0 radical (unpaired) electrons. The lowest BCUT2D eigenvalue weighted by molar-refractivity contribution is 0.0949. The largest absolute Gasteiger partial charge is 0.469 e. The molecule has 1 N–H and O–H groups in total. The van der Waals surface area contributed by atoms with Crippen molar-refractivity contribution < 1.29 is 9.21 Å². The van der Waals surface area contributed by atoms with E-state index in [4.69, 9.17) is 16.0 Å². The third-order valence-electron chi connectivity index (χ3n) is 2.78. The molecule has 3 nitrogen and oxygen atoms in total. The molecule has 1 amide bonds. The van der Waals surface area contributed by atoms with Crippen LogP contribution in [0.3, 0.4) is 0 Å².